The van der Waals surface area contributed by atoms with Crippen LogP contribution in [0, 0.1) is 0 Å². The van der Waals surface area contributed by atoms with E-state index in [4.69, 9.17) is 11.6 Å². The van der Waals surface area contributed by atoms with Crippen LogP contribution in [-0.4, -0.2) is 61.6 Å². The van der Waals surface area contributed by atoms with Crippen LogP contribution in [0.15, 0.2) is 41.4 Å². The van der Waals surface area contributed by atoms with Gasteiger partial charge in [-0.2, -0.15) is 0 Å². The summed E-state index contributed by atoms with van der Waals surface area (Å²) in [6, 6.07) is 8.98. The molecule has 26 heavy (non-hydrogen) atoms. The molecule has 1 aromatic carbocycles. The first kappa shape index (κ1) is 20.0. The fraction of sp³-hybridized carbons (Fsp3) is 0.550. The Bertz CT molecular complexity index is 678. The molecule has 1 N–H and O–H groups in total. The molecule has 2 fully saturated rings. The fourth-order valence-corrected chi connectivity index (χ4v) is 4.33. The van der Waals surface area contributed by atoms with Crippen LogP contribution in [0.5, 0.6) is 0 Å². The van der Waals surface area contributed by atoms with Crippen molar-refractivity contribution in [2.45, 2.75) is 30.7 Å². The highest BCUT2D eigenvalue weighted by atomic mass is 127. The number of benzene rings is 1. The first-order valence-electron chi connectivity index (χ1n) is 9.31. The van der Waals surface area contributed by atoms with E-state index in [9.17, 15) is 0 Å². The van der Waals surface area contributed by atoms with Gasteiger partial charge in [0, 0.05) is 56.3 Å². The standard InChI is InChI=1S/C20H27ClN4.HI/c1-22-19(25-12-7-18(14-25)24-10-2-3-11-24)23-15-20(8-9-20)16-5-4-6-17(21)13-16;/h2-6,13,18H,7-12,14-15H2,1H3,(H,22,23);1H. The van der Waals surface area contributed by atoms with Gasteiger partial charge in [0.2, 0.25) is 0 Å². The van der Waals surface area contributed by atoms with Crippen molar-refractivity contribution in [2.75, 3.05) is 39.8 Å². The van der Waals surface area contributed by atoms with E-state index in [-0.39, 0.29) is 29.4 Å². The molecule has 4 nitrogen and oxygen atoms in total. The van der Waals surface area contributed by atoms with Crippen molar-refractivity contribution in [1.82, 2.24) is 15.1 Å². The van der Waals surface area contributed by atoms with Gasteiger partial charge in [-0.3, -0.25) is 9.89 Å². The Morgan fingerprint density at radius 1 is 1.31 bits per heavy atom. The number of guanidine groups is 1. The van der Waals surface area contributed by atoms with Crippen molar-refractivity contribution in [2.24, 2.45) is 4.99 Å². The van der Waals surface area contributed by atoms with Gasteiger partial charge in [0.05, 0.1) is 0 Å². The molecule has 0 aromatic heterocycles. The topological polar surface area (TPSA) is 30.9 Å². The average Bonchev–Trinajstić information content (AvgIpc) is 3.02. The lowest BCUT2D eigenvalue weighted by Gasteiger charge is -2.27. The third kappa shape index (κ3) is 4.20. The zero-order chi connectivity index (χ0) is 17.3. The van der Waals surface area contributed by atoms with E-state index < -0.39 is 0 Å². The molecule has 4 rings (SSSR count). The highest BCUT2D eigenvalue weighted by Gasteiger charge is 2.44. The molecule has 0 bridgehead atoms. The minimum Gasteiger partial charge on any atom is -0.355 e. The summed E-state index contributed by atoms with van der Waals surface area (Å²) in [6.45, 7) is 5.30. The monoisotopic (exact) mass is 486 g/mol. The van der Waals surface area contributed by atoms with Crippen LogP contribution < -0.4 is 5.32 Å². The largest absolute Gasteiger partial charge is 0.355 e. The van der Waals surface area contributed by atoms with Crippen LogP contribution >= 0.6 is 35.6 Å². The number of hydrogen-bond acceptors (Lipinski definition) is 2. The highest BCUT2D eigenvalue weighted by molar-refractivity contribution is 14.0. The summed E-state index contributed by atoms with van der Waals surface area (Å²) in [4.78, 5) is 9.52. The lowest BCUT2D eigenvalue weighted by atomic mass is 9.96. The summed E-state index contributed by atoms with van der Waals surface area (Å²) < 4.78 is 0. The van der Waals surface area contributed by atoms with Gasteiger partial charge >= 0.3 is 0 Å². The summed E-state index contributed by atoms with van der Waals surface area (Å²) in [5.41, 5.74) is 1.59. The number of nitrogens with one attached hydrogen (secondary N) is 1. The quantitative estimate of drug-likeness (QED) is 0.306. The third-order valence-electron chi connectivity index (χ3n) is 5.91. The molecule has 1 atom stereocenters. The number of hydrogen-bond donors (Lipinski definition) is 1. The number of aliphatic imine (C=N–C) groups is 1. The second kappa shape index (κ2) is 8.48. The maximum Gasteiger partial charge on any atom is 0.193 e. The Kier molecular flexibility index (Phi) is 6.51. The summed E-state index contributed by atoms with van der Waals surface area (Å²) in [5, 5.41) is 4.47. The lowest BCUT2D eigenvalue weighted by molar-refractivity contribution is 0.259. The maximum absolute atomic E-state index is 6.19. The fourth-order valence-electron chi connectivity index (χ4n) is 4.14. The summed E-state index contributed by atoms with van der Waals surface area (Å²) in [7, 11) is 1.89. The Hall–Kier alpha value is -0.790. The molecule has 1 saturated carbocycles. The minimum atomic E-state index is 0. The zero-order valence-corrected chi connectivity index (χ0v) is 18.4. The summed E-state index contributed by atoms with van der Waals surface area (Å²) in [5.74, 6) is 1.04. The second-order valence-corrected chi connectivity index (χ2v) is 7.94. The smallest absolute Gasteiger partial charge is 0.193 e. The van der Waals surface area contributed by atoms with E-state index in [2.05, 4.69) is 50.5 Å². The van der Waals surface area contributed by atoms with Crippen molar-refractivity contribution in [1.29, 1.82) is 0 Å². The summed E-state index contributed by atoms with van der Waals surface area (Å²) in [6.07, 6.45) is 8.22. The Balaban J connectivity index is 0.00000196. The molecule has 1 unspecified atom stereocenters. The van der Waals surface area contributed by atoms with Gasteiger partial charge in [0.15, 0.2) is 5.96 Å². The van der Waals surface area contributed by atoms with Crippen LogP contribution in [-0.2, 0) is 5.41 Å². The van der Waals surface area contributed by atoms with E-state index in [1.807, 2.05) is 13.1 Å². The number of likely N-dealkylation sites (tertiary alicyclic amines) is 1. The van der Waals surface area contributed by atoms with Crippen LogP contribution in [0.3, 0.4) is 0 Å². The lowest BCUT2D eigenvalue weighted by Crippen LogP contribution is -2.45. The summed E-state index contributed by atoms with van der Waals surface area (Å²) >= 11 is 6.19. The van der Waals surface area contributed by atoms with Crippen LogP contribution in [0.4, 0.5) is 0 Å². The molecule has 0 radical (unpaired) electrons. The van der Waals surface area contributed by atoms with E-state index in [0.29, 0.717) is 6.04 Å². The van der Waals surface area contributed by atoms with Crippen molar-refractivity contribution in [3.8, 4) is 0 Å². The second-order valence-electron chi connectivity index (χ2n) is 7.51. The highest BCUT2D eigenvalue weighted by Crippen LogP contribution is 2.48. The predicted molar refractivity (Wildman–Crippen MR) is 120 cm³/mol. The van der Waals surface area contributed by atoms with Gasteiger partial charge in [0.1, 0.15) is 0 Å². The molecular formula is C20H28ClIN4. The Morgan fingerprint density at radius 3 is 2.73 bits per heavy atom. The number of rotatable bonds is 4. The predicted octanol–water partition coefficient (Wildman–Crippen LogP) is 3.51. The molecule has 1 aliphatic carbocycles. The van der Waals surface area contributed by atoms with Crippen LogP contribution in [0.1, 0.15) is 24.8 Å². The molecule has 6 heteroatoms. The van der Waals surface area contributed by atoms with Gasteiger partial charge in [-0.05, 0) is 37.0 Å². The van der Waals surface area contributed by atoms with Gasteiger partial charge in [0.25, 0.3) is 0 Å². The molecular weight excluding hydrogens is 459 g/mol. The van der Waals surface area contributed by atoms with Gasteiger partial charge in [-0.25, -0.2) is 0 Å². The average molecular weight is 487 g/mol. The van der Waals surface area contributed by atoms with E-state index in [1.165, 1.54) is 24.8 Å². The molecule has 3 aliphatic rings. The van der Waals surface area contributed by atoms with Crippen molar-refractivity contribution in [3.05, 3.63) is 47.0 Å². The van der Waals surface area contributed by atoms with Crippen molar-refractivity contribution in [3.63, 3.8) is 0 Å². The van der Waals surface area contributed by atoms with E-state index in [1.54, 1.807) is 0 Å². The molecule has 2 heterocycles. The maximum atomic E-state index is 6.19. The number of halogens is 2. The first-order valence-corrected chi connectivity index (χ1v) is 9.69. The molecule has 1 saturated heterocycles. The normalized spacial score (nSPS) is 24.6. The van der Waals surface area contributed by atoms with E-state index in [0.717, 1.165) is 43.7 Å². The van der Waals surface area contributed by atoms with E-state index >= 15 is 0 Å². The molecule has 142 valence electrons. The Labute approximate surface area is 178 Å². The van der Waals surface area contributed by atoms with Crippen LogP contribution in [0.25, 0.3) is 0 Å². The van der Waals surface area contributed by atoms with Crippen molar-refractivity contribution >= 4 is 41.5 Å². The van der Waals surface area contributed by atoms with Crippen molar-refractivity contribution < 1.29 is 0 Å². The zero-order valence-electron chi connectivity index (χ0n) is 15.3. The van der Waals surface area contributed by atoms with Gasteiger partial charge in [-0.15, -0.1) is 24.0 Å². The molecule has 1 aromatic rings. The molecule has 0 spiro atoms. The SMILES string of the molecule is CN=C(NCC1(c2cccc(Cl)c2)CC1)N1CCC(N2CC=CC2)C1.I. The van der Waals surface area contributed by atoms with Gasteiger partial charge < -0.3 is 10.2 Å². The molecule has 2 aliphatic heterocycles. The number of nitrogens with zero attached hydrogens (tertiary/aromatic N) is 3. The first-order chi connectivity index (χ1) is 12.2. The van der Waals surface area contributed by atoms with Crippen LogP contribution in [0.2, 0.25) is 5.02 Å². The minimum absolute atomic E-state index is 0. The van der Waals surface area contributed by atoms with Gasteiger partial charge in [-0.1, -0.05) is 35.9 Å². The third-order valence-corrected chi connectivity index (χ3v) is 6.15. The Morgan fingerprint density at radius 2 is 2.08 bits per heavy atom. The molecule has 0 amide bonds.